The molecule has 0 radical (unpaired) electrons. The lowest BCUT2D eigenvalue weighted by Gasteiger charge is -2.11. The van der Waals surface area contributed by atoms with Crippen LogP contribution in [0.1, 0.15) is 10.4 Å². The summed E-state index contributed by atoms with van der Waals surface area (Å²) in [5, 5.41) is 1.42. The number of carbonyl (C=O) groups is 1. The minimum absolute atomic E-state index is 0.234. The van der Waals surface area contributed by atoms with Crippen LogP contribution in [0, 0.1) is 5.82 Å². The SMILES string of the molecule is CN(C)C(=O)c1ccc(-c2ccc3c(Cl)ccnc3c2)c(F)c1. The fourth-order valence-electron chi connectivity index (χ4n) is 2.42. The number of carbonyl (C=O) groups excluding carboxylic acids is 1. The molecule has 0 atom stereocenters. The monoisotopic (exact) mass is 328 g/mol. The maximum atomic E-state index is 14.4. The molecule has 1 aromatic heterocycles. The zero-order valence-corrected chi connectivity index (χ0v) is 13.4. The molecule has 3 rings (SSSR count). The van der Waals surface area contributed by atoms with Crippen LogP contribution in [0.3, 0.4) is 0 Å². The number of halogens is 2. The number of fused-ring (bicyclic) bond motifs is 1. The molecule has 1 heterocycles. The second kappa shape index (κ2) is 5.97. The number of benzene rings is 2. The molecule has 0 aliphatic rings. The Labute approximate surface area is 138 Å². The van der Waals surface area contributed by atoms with Crippen LogP contribution >= 0.6 is 11.6 Å². The molecule has 0 saturated carbocycles. The normalized spacial score (nSPS) is 10.8. The van der Waals surface area contributed by atoms with Crippen molar-refractivity contribution in [2.24, 2.45) is 0 Å². The molecule has 23 heavy (non-hydrogen) atoms. The standard InChI is InChI=1S/C18H14ClFN2O/c1-22(2)18(23)12-4-5-13(16(20)9-12)11-3-6-14-15(19)7-8-21-17(14)10-11/h3-10H,1-2H3. The van der Waals surface area contributed by atoms with Gasteiger partial charge in [-0.15, -0.1) is 0 Å². The van der Waals surface area contributed by atoms with Gasteiger partial charge in [0.1, 0.15) is 5.82 Å². The summed E-state index contributed by atoms with van der Waals surface area (Å²) in [6.45, 7) is 0. The van der Waals surface area contributed by atoms with Crippen LogP contribution in [0.15, 0.2) is 48.7 Å². The fraction of sp³-hybridized carbons (Fsp3) is 0.111. The number of aromatic nitrogens is 1. The number of nitrogens with zero attached hydrogens (tertiary/aromatic N) is 2. The average Bonchev–Trinajstić information content (AvgIpc) is 2.54. The van der Waals surface area contributed by atoms with Crippen LogP contribution in [0.2, 0.25) is 5.02 Å². The predicted molar refractivity (Wildman–Crippen MR) is 90.2 cm³/mol. The van der Waals surface area contributed by atoms with Gasteiger partial charge in [0.2, 0.25) is 0 Å². The highest BCUT2D eigenvalue weighted by Gasteiger charge is 2.13. The molecule has 0 unspecified atom stereocenters. The zero-order chi connectivity index (χ0) is 16.6. The Morgan fingerprint density at radius 1 is 1.13 bits per heavy atom. The van der Waals surface area contributed by atoms with Crippen molar-refractivity contribution in [3.8, 4) is 11.1 Å². The van der Waals surface area contributed by atoms with Crippen LogP contribution in [-0.4, -0.2) is 29.9 Å². The Morgan fingerprint density at radius 3 is 2.61 bits per heavy atom. The average molecular weight is 329 g/mol. The second-order valence-corrected chi connectivity index (χ2v) is 5.83. The van der Waals surface area contributed by atoms with Crippen molar-refractivity contribution in [2.75, 3.05) is 14.1 Å². The summed E-state index contributed by atoms with van der Waals surface area (Å²) in [6.07, 6.45) is 1.61. The van der Waals surface area contributed by atoms with Crippen LogP contribution in [0.25, 0.3) is 22.0 Å². The highest BCUT2D eigenvalue weighted by atomic mass is 35.5. The van der Waals surface area contributed by atoms with Crippen molar-refractivity contribution in [3.05, 3.63) is 65.1 Å². The second-order valence-electron chi connectivity index (χ2n) is 5.42. The quantitative estimate of drug-likeness (QED) is 0.698. The van der Waals surface area contributed by atoms with Gasteiger partial charge in [-0.25, -0.2) is 4.39 Å². The molecule has 1 amide bonds. The molecule has 5 heteroatoms. The topological polar surface area (TPSA) is 33.2 Å². The molecular formula is C18H14ClFN2O. The van der Waals surface area contributed by atoms with Gasteiger partial charge in [0.15, 0.2) is 0 Å². The molecule has 0 aliphatic heterocycles. The number of hydrogen-bond acceptors (Lipinski definition) is 2. The number of pyridine rings is 1. The maximum absolute atomic E-state index is 14.4. The predicted octanol–water partition coefficient (Wildman–Crippen LogP) is 4.40. The fourth-order valence-corrected chi connectivity index (χ4v) is 2.64. The summed E-state index contributed by atoms with van der Waals surface area (Å²) in [5.41, 5.74) is 2.12. The van der Waals surface area contributed by atoms with E-state index in [2.05, 4.69) is 4.98 Å². The van der Waals surface area contributed by atoms with Crippen LogP contribution in [0.5, 0.6) is 0 Å². The highest BCUT2D eigenvalue weighted by molar-refractivity contribution is 6.35. The van der Waals surface area contributed by atoms with Crippen molar-refractivity contribution in [1.29, 1.82) is 0 Å². The maximum Gasteiger partial charge on any atom is 0.253 e. The minimum atomic E-state index is -0.445. The molecule has 116 valence electrons. The Morgan fingerprint density at radius 2 is 1.91 bits per heavy atom. The van der Waals surface area contributed by atoms with E-state index in [4.69, 9.17) is 11.6 Å². The van der Waals surface area contributed by atoms with E-state index in [1.54, 1.807) is 50.6 Å². The van der Waals surface area contributed by atoms with E-state index in [0.29, 0.717) is 27.2 Å². The summed E-state index contributed by atoms with van der Waals surface area (Å²) < 4.78 is 14.4. The number of rotatable bonds is 2. The highest BCUT2D eigenvalue weighted by Crippen LogP contribution is 2.29. The van der Waals surface area contributed by atoms with Gasteiger partial charge in [-0.05, 0) is 29.8 Å². The number of hydrogen-bond donors (Lipinski definition) is 0. The van der Waals surface area contributed by atoms with Crippen molar-refractivity contribution < 1.29 is 9.18 Å². The Balaban J connectivity index is 2.07. The smallest absolute Gasteiger partial charge is 0.253 e. The summed E-state index contributed by atoms with van der Waals surface area (Å²) in [5.74, 6) is -0.679. The van der Waals surface area contributed by atoms with Gasteiger partial charge in [-0.2, -0.15) is 0 Å². The van der Waals surface area contributed by atoms with Crippen LogP contribution in [-0.2, 0) is 0 Å². The molecule has 0 saturated heterocycles. The molecule has 0 fully saturated rings. The van der Waals surface area contributed by atoms with E-state index >= 15 is 0 Å². The summed E-state index contributed by atoms with van der Waals surface area (Å²) >= 11 is 6.12. The van der Waals surface area contributed by atoms with E-state index in [0.717, 1.165) is 5.39 Å². The molecular weight excluding hydrogens is 315 g/mol. The summed E-state index contributed by atoms with van der Waals surface area (Å²) in [7, 11) is 3.26. The van der Waals surface area contributed by atoms with Crippen molar-refractivity contribution in [2.45, 2.75) is 0 Å². The molecule has 3 nitrogen and oxygen atoms in total. The molecule has 2 aromatic carbocycles. The van der Waals surface area contributed by atoms with E-state index in [1.807, 2.05) is 6.07 Å². The first-order valence-electron chi connectivity index (χ1n) is 7.03. The van der Waals surface area contributed by atoms with E-state index < -0.39 is 5.82 Å². The van der Waals surface area contributed by atoms with Crippen molar-refractivity contribution in [1.82, 2.24) is 9.88 Å². The van der Waals surface area contributed by atoms with Gasteiger partial charge in [-0.3, -0.25) is 9.78 Å². The van der Waals surface area contributed by atoms with E-state index in [1.165, 1.54) is 11.0 Å². The number of amides is 1. The lowest BCUT2D eigenvalue weighted by molar-refractivity contribution is 0.0827. The van der Waals surface area contributed by atoms with Gasteiger partial charge < -0.3 is 4.90 Å². The van der Waals surface area contributed by atoms with Gasteiger partial charge >= 0.3 is 0 Å². The third-order valence-electron chi connectivity index (χ3n) is 3.62. The lowest BCUT2D eigenvalue weighted by atomic mass is 10.0. The molecule has 0 N–H and O–H groups in total. The largest absolute Gasteiger partial charge is 0.345 e. The van der Waals surface area contributed by atoms with E-state index in [-0.39, 0.29) is 5.91 Å². The Hall–Kier alpha value is -2.46. The van der Waals surface area contributed by atoms with E-state index in [9.17, 15) is 9.18 Å². The zero-order valence-electron chi connectivity index (χ0n) is 12.7. The van der Waals surface area contributed by atoms with Gasteiger partial charge in [0.05, 0.1) is 10.5 Å². The summed E-state index contributed by atoms with van der Waals surface area (Å²) in [6, 6.07) is 11.6. The third-order valence-corrected chi connectivity index (χ3v) is 3.95. The first-order valence-corrected chi connectivity index (χ1v) is 7.41. The molecule has 0 spiro atoms. The lowest BCUT2D eigenvalue weighted by Crippen LogP contribution is -2.21. The molecule has 3 aromatic rings. The first-order chi connectivity index (χ1) is 11.0. The Bertz CT molecular complexity index is 909. The van der Waals surface area contributed by atoms with Gasteiger partial charge in [0.25, 0.3) is 5.91 Å². The van der Waals surface area contributed by atoms with Crippen LogP contribution in [0.4, 0.5) is 4.39 Å². The van der Waals surface area contributed by atoms with Gasteiger partial charge in [-0.1, -0.05) is 29.8 Å². The third kappa shape index (κ3) is 2.90. The Kier molecular flexibility index (Phi) is 4.01. The summed E-state index contributed by atoms with van der Waals surface area (Å²) in [4.78, 5) is 17.6. The molecule has 0 bridgehead atoms. The van der Waals surface area contributed by atoms with Crippen molar-refractivity contribution in [3.63, 3.8) is 0 Å². The van der Waals surface area contributed by atoms with Crippen LogP contribution < -0.4 is 0 Å². The molecule has 0 aliphatic carbocycles. The van der Waals surface area contributed by atoms with Gasteiger partial charge in [0, 0.05) is 36.8 Å². The first kappa shape index (κ1) is 15.4. The minimum Gasteiger partial charge on any atom is -0.345 e. The van der Waals surface area contributed by atoms with Crippen molar-refractivity contribution >= 4 is 28.4 Å².